The van der Waals surface area contributed by atoms with Gasteiger partial charge in [0.25, 0.3) is 0 Å². The van der Waals surface area contributed by atoms with Gasteiger partial charge in [-0.2, -0.15) is 0 Å². The van der Waals surface area contributed by atoms with Crippen LogP contribution in [0.3, 0.4) is 0 Å². The molecule has 0 aliphatic rings. The molecule has 0 aliphatic carbocycles. The Balaban J connectivity index is 0.898. The lowest BCUT2D eigenvalue weighted by Gasteiger charge is -2.11. The van der Waals surface area contributed by atoms with Crippen LogP contribution in [0.4, 0.5) is 0 Å². The monoisotopic (exact) mass is 788 g/mol. The Morgan fingerprint density at radius 3 is 0.871 bits per heavy atom. The molecule has 0 bridgehead atoms. The molecule has 62 heavy (non-hydrogen) atoms. The molecule has 0 radical (unpaired) electrons. The van der Waals surface area contributed by atoms with Crippen molar-refractivity contribution in [2.24, 2.45) is 0 Å². The Labute approximate surface area is 360 Å². The second-order valence-electron chi connectivity index (χ2n) is 16.2. The van der Waals surface area contributed by atoms with Crippen molar-refractivity contribution in [2.45, 2.75) is 0 Å². The summed E-state index contributed by atoms with van der Waals surface area (Å²) >= 11 is 0. The summed E-state index contributed by atoms with van der Waals surface area (Å²) in [6, 6.07) is 88.3. The summed E-state index contributed by atoms with van der Waals surface area (Å²) in [5.74, 6) is 0. The van der Waals surface area contributed by atoms with Gasteiger partial charge in [-0.1, -0.05) is 170 Å². The zero-order chi connectivity index (χ0) is 41.0. The number of para-hydroxylation sites is 2. The van der Waals surface area contributed by atoms with Crippen LogP contribution in [0.1, 0.15) is 0 Å². The van der Waals surface area contributed by atoms with Gasteiger partial charge in [-0.15, -0.1) is 0 Å². The van der Waals surface area contributed by atoms with Crippen molar-refractivity contribution in [3.8, 4) is 67.0 Å². The molecule has 0 unspecified atom stereocenters. The summed E-state index contributed by atoms with van der Waals surface area (Å²) in [5, 5.41) is 4.98. The molecule has 2 heteroatoms. The van der Waals surface area contributed by atoms with E-state index in [0.717, 1.165) is 11.4 Å². The molecule has 2 aromatic heterocycles. The van der Waals surface area contributed by atoms with Gasteiger partial charge in [-0.25, -0.2) is 0 Å². The fraction of sp³-hybridized carbons (Fsp3) is 0. The lowest BCUT2D eigenvalue weighted by Crippen LogP contribution is -1.94. The van der Waals surface area contributed by atoms with Gasteiger partial charge in [0.05, 0.1) is 22.1 Å². The molecule has 2 nitrogen and oxygen atoms in total. The summed E-state index contributed by atoms with van der Waals surface area (Å²) in [7, 11) is 0. The molecule has 0 amide bonds. The first-order valence-corrected chi connectivity index (χ1v) is 21.3. The first-order chi connectivity index (χ1) is 30.7. The molecule has 10 aromatic carbocycles. The Morgan fingerprint density at radius 1 is 0.177 bits per heavy atom. The summed E-state index contributed by atoms with van der Waals surface area (Å²) < 4.78 is 4.81. The average molecular weight is 789 g/mol. The molecular weight excluding hydrogens is 749 g/mol. The third-order valence-corrected chi connectivity index (χ3v) is 12.5. The van der Waals surface area contributed by atoms with E-state index in [2.05, 4.69) is 252 Å². The standard InChI is InChI=1S/C60H40N2/c1-3-13-41(14-4-1)45-17-11-19-47(37-45)43-25-31-51(32-26-43)61-57-23-9-7-21-53(57)55-39-49(29-35-59(55)61)50-30-36-60-56(40-50)54-22-8-10-24-58(54)62(60)52-33-27-44(28-34-52)48-20-12-18-46(38-48)42-15-5-2-6-16-42/h1-40H. The van der Waals surface area contributed by atoms with E-state index in [4.69, 9.17) is 0 Å². The largest absolute Gasteiger partial charge is 0.309 e. The molecule has 0 aliphatic heterocycles. The molecule has 0 fully saturated rings. The van der Waals surface area contributed by atoms with Crippen molar-refractivity contribution in [1.29, 1.82) is 0 Å². The predicted octanol–water partition coefficient (Wildman–Crippen LogP) is 16.2. The number of hydrogen-bond donors (Lipinski definition) is 0. The number of fused-ring (bicyclic) bond motifs is 6. The van der Waals surface area contributed by atoms with E-state index in [1.165, 1.54) is 99.2 Å². The quantitative estimate of drug-likeness (QED) is 0.152. The van der Waals surface area contributed by atoms with Crippen LogP contribution in [0.15, 0.2) is 243 Å². The highest BCUT2D eigenvalue weighted by atomic mass is 15.0. The van der Waals surface area contributed by atoms with E-state index >= 15 is 0 Å². The molecule has 2 heterocycles. The van der Waals surface area contributed by atoms with Gasteiger partial charge in [0.1, 0.15) is 0 Å². The molecule has 12 aromatic rings. The van der Waals surface area contributed by atoms with Gasteiger partial charge in [0, 0.05) is 32.9 Å². The summed E-state index contributed by atoms with van der Waals surface area (Å²) in [5.41, 5.74) is 19.2. The van der Waals surface area contributed by atoms with Gasteiger partial charge in [-0.3, -0.25) is 0 Å². The zero-order valence-corrected chi connectivity index (χ0v) is 34.0. The highest BCUT2D eigenvalue weighted by Crippen LogP contribution is 2.39. The van der Waals surface area contributed by atoms with Crippen molar-refractivity contribution in [2.75, 3.05) is 0 Å². The number of nitrogens with zero attached hydrogens (tertiary/aromatic N) is 2. The second kappa shape index (κ2) is 14.8. The first kappa shape index (κ1) is 35.7. The predicted molar refractivity (Wildman–Crippen MR) is 262 cm³/mol. The van der Waals surface area contributed by atoms with E-state index in [1.54, 1.807) is 0 Å². The van der Waals surface area contributed by atoms with Crippen LogP contribution in [-0.4, -0.2) is 9.13 Å². The Bertz CT molecular complexity index is 3350. The molecule has 0 saturated carbocycles. The van der Waals surface area contributed by atoms with Crippen molar-refractivity contribution in [1.82, 2.24) is 9.13 Å². The van der Waals surface area contributed by atoms with Gasteiger partial charge in [0.15, 0.2) is 0 Å². The van der Waals surface area contributed by atoms with Crippen molar-refractivity contribution in [3.63, 3.8) is 0 Å². The number of rotatable bonds is 7. The minimum absolute atomic E-state index is 1.15. The molecule has 0 N–H and O–H groups in total. The van der Waals surface area contributed by atoms with Crippen LogP contribution in [0.2, 0.25) is 0 Å². The molecule has 0 saturated heterocycles. The maximum Gasteiger partial charge on any atom is 0.0541 e. The molecule has 290 valence electrons. The Hall–Kier alpha value is -8.20. The fourth-order valence-corrected chi connectivity index (χ4v) is 9.49. The average Bonchev–Trinajstić information content (AvgIpc) is 3.87. The highest BCUT2D eigenvalue weighted by Gasteiger charge is 2.17. The fourth-order valence-electron chi connectivity index (χ4n) is 9.49. The topological polar surface area (TPSA) is 9.86 Å². The Kier molecular flexibility index (Phi) is 8.53. The van der Waals surface area contributed by atoms with E-state index in [9.17, 15) is 0 Å². The van der Waals surface area contributed by atoms with Gasteiger partial charge >= 0.3 is 0 Å². The lowest BCUT2D eigenvalue weighted by molar-refractivity contribution is 1.18. The number of aromatic nitrogens is 2. The molecule has 0 spiro atoms. The maximum atomic E-state index is 2.40. The second-order valence-corrected chi connectivity index (χ2v) is 16.2. The van der Waals surface area contributed by atoms with Gasteiger partial charge in [-0.05, 0) is 128 Å². The number of benzene rings is 10. The van der Waals surface area contributed by atoms with E-state index in [0.29, 0.717) is 0 Å². The van der Waals surface area contributed by atoms with Crippen LogP contribution in [-0.2, 0) is 0 Å². The minimum Gasteiger partial charge on any atom is -0.309 e. The normalized spacial score (nSPS) is 11.5. The van der Waals surface area contributed by atoms with Crippen LogP contribution >= 0.6 is 0 Å². The maximum absolute atomic E-state index is 2.40. The van der Waals surface area contributed by atoms with Gasteiger partial charge < -0.3 is 9.13 Å². The number of hydrogen-bond acceptors (Lipinski definition) is 0. The van der Waals surface area contributed by atoms with E-state index in [1.807, 2.05) is 0 Å². The summed E-state index contributed by atoms with van der Waals surface area (Å²) in [6.07, 6.45) is 0. The van der Waals surface area contributed by atoms with Crippen LogP contribution in [0.5, 0.6) is 0 Å². The third-order valence-electron chi connectivity index (χ3n) is 12.5. The Morgan fingerprint density at radius 2 is 0.468 bits per heavy atom. The zero-order valence-electron chi connectivity index (χ0n) is 34.0. The smallest absolute Gasteiger partial charge is 0.0541 e. The van der Waals surface area contributed by atoms with Crippen LogP contribution in [0.25, 0.3) is 111 Å². The molecule has 12 rings (SSSR count). The van der Waals surface area contributed by atoms with Crippen LogP contribution < -0.4 is 0 Å². The van der Waals surface area contributed by atoms with Crippen molar-refractivity contribution < 1.29 is 0 Å². The van der Waals surface area contributed by atoms with E-state index in [-0.39, 0.29) is 0 Å². The minimum atomic E-state index is 1.15. The molecule has 0 atom stereocenters. The summed E-state index contributed by atoms with van der Waals surface area (Å²) in [6.45, 7) is 0. The third kappa shape index (κ3) is 6.12. The SMILES string of the molecule is c1ccc(-c2cccc(-c3ccc(-n4c5ccccc5c5cc(-c6ccc7c(c6)c6ccccc6n7-c6ccc(-c7cccc(-c8ccccc8)c7)cc6)ccc54)cc3)c2)cc1. The van der Waals surface area contributed by atoms with E-state index < -0.39 is 0 Å². The molecular formula is C60H40N2. The first-order valence-electron chi connectivity index (χ1n) is 21.3. The van der Waals surface area contributed by atoms with Crippen molar-refractivity contribution in [3.05, 3.63) is 243 Å². The van der Waals surface area contributed by atoms with Crippen molar-refractivity contribution >= 4 is 43.6 Å². The summed E-state index contributed by atoms with van der Waals surface area (Å²) in [4.78, 5) is 0. The van der Waals surface area contributed by atoms with Gasteiger partial charge in [0.2, 0.25) is 0 Å². The lowest BCUT2D eigenvalue weighted by atomic mass is 9.99. The van der Waals surface area contributed by atoms with Crippen LogP contribution in [0, 0.1) is 0 Å². The highest BCUT2D eigenvalue weighted by molar-refractivity contribution is 6.12.